The van der Waals surface area contributed by atoms with E-state index in [1.54, 1.807) is 6.20 Å². The lowest BCUT2D eigenvalue weighted by Crippen LogP contribution is -2.34. The van der Waals surface area contributed by atoms with E-state index in [2.05, 4.69) is 15.6 Å². The summed E-state index contributed by atoms with van der Waals surface area (Å²) >= 11 is 0. The molecular formula is C11H18N4O. The minimum absolute atomic E-state index is 0.0497. The van der Waals surface area contributed by atoms with Crippen LogP contribution in [0, 0.1) is 6.92 Å². The highest BCUT2D eigenvalue weighted by atomic mass is 16.1. The van der Waals surface area contributed by atoms with Crippen LogP contribution in [0.25, 0.3) is 0 Å². The monoisotopic (exact) mass is 222 g/mol. The summed E-state index contributed by atoms with van der Waals surface area (Å²) in [5.41, 5.74) is 7.24. The Morgan fingerprint density at radius 1 is 1.56 bits per heavy atom. The Morgan fingerprint density at radius 3 is 2.81 bits per heavy atom. The SMILES string of the molecule is Cc1cc(NCC(=O)NC(C)C)ncc1N. The van der Waals surface area contributed by atoms with Crippen LogP contribution in [0.1, 0.15) is 19.4 Å². The molecule has 0 fully saturated rings. The van der Waals surface area contributed by atoms with Crippen molar-refractivity contribution in [3.63, 3.8) is 0 Å². The number of amides is 1. The zero-order valence-corrected chi connectivity index (χ0v) is 9.87. The number of aryl methyl sites for hydroxylation is 1. The topological polar surface area (TPSA) is 80.0 Å². The number of pyridine rings is 1. The van der Waals surface area contributed by atoms with Gasteiger partial charge in [-0.25, -0.2) is 4.98 Å². The molecule has 16 heavy (non-hydrogen) atoms. The van der Waals surface area contributed by atoms with Crippen molar-refractivity contribution in [1.29, 1.82) is 0 Å². The summed E-state index contributed by atoms with van der Waals surface area (Å²) in [6, 6.07) is 1.97. The molecule has 0 saturated carbocycles. The molecule has 0 saturated heterocycles. The normalized spacial score (nSPS) is 10.2. The molecule has 0 aromatic carbocycles. The van der Waals surface area contributed by atoms with Crippen LogP contribution >= 0.6 is 0 Å². The minimum atomic E-state index is -0.0497. The molecule has 0 aliphatic carbocycles. The fourth-order valence-electron chi connectivity index (χ4n) is 1.21. The van der Waals surface area contributed by atoms with Gasteiger partial charge in [-0.05, 0) is 32.4 Å². The molecule has 0 radical (unpaired) electrons. The molecule has 0 aliphatic heterocycles. The Kier molecular flexibility index (Phi) is 4.10. The van der Waals surface area contributed by atoms with E-state index < -0.39 is 0 Å². The van der Waals surface area contributed by atoms with Gasteiger partial charge in [0, 0.05) is 6.04 Å². The first-order valence-corrected chi connectivity index (χ1v) is 5.24. The predicted octanol–water partition coefficient (Wildman–Crippen LogP) is 0.909. The van der Waals surface area contributed by atoms with Gasteiger partial charge < -0.3 is 16.4 Å². The van der Waals surface area contributed by atoms with Gasteiger partial charge in [0.15, 0.2) is 0 Å². The van der Waals surface area contributed by atoms with Crippen molar-refractivity contribution in [1.82, 2.24) is 10.3 Å². The summed E-state index contributed by atoms with van der Waals surface area (Å²) in [5.74, 6) is 0.608. The molecule has 5 nitrogen and oxygen atoms in total. The predicted molar refractivity (Wildman–Crippen MR) is 65.2 cm³/mol. The maximum atomic E-state index is 11.4. The van der Waals surface area contributed by atoms with Crippen LogP contribution in [0.3, 0.4) is 0 Å². The number of nitrogens with zero attached hydrogens (tertiary/aromatic N) is 1. The fraction of sp³-hybridized carbons (Fsp3) is 0.455. The number of nitrogen functional groups attached to an aromatic ring is 1. The number of nitrogens with one attached hydrogen (secondary N) is 2. The average Bonchev–Trinajstić information content (AvgIpc) is 2.19. The standard InChI is InChI=1S/C11H18N4O/c1-7(2)15-11(16)6-14-10-4-8(3)9(12)5-13-10/h4-5,7H,6,12H2,1-3H3,(H,13,14)(H,15,16). The molecule has 1 heterocycles. The van der Waals surface area contributed by atoms with Crippen molar-refractivity contribution in [2.24, 2.45) is 0 Å². The van der Waals surface area contributed by atoms with Gasteiger partial charge in [-0.2, -0.15) is 0 Å². The first-order valence-electron chi connectivity index (χ1n) is 5.24. The average molecular weight is 222 g/mol. The number of carbonyl (C=O) groups excluding carboxylic acids is 1. The van der Waals surface area contributed by atoms with E-state index in [0.717, 1.165) is 5.56 Å². The highest BCUT2D eigenvalue weighted by Gasteiger charge is 2.03. The third-order valence-electron chi connectivity index (χ3n) is 2.03. The highest BCUT2D eigenvalue weighted by molar-refractivity contribution is 5.80. The van der Waals surface area contributed by atoms with Gasteiger partial charge in [-0.1, -0.05) is 0 Å². The van der Waals surface area contributed by atoms with Gasteiger partial charge in [0.2, 0.25) is 5.91 Å². The number of carbonyl (C=O) groups is 1. The lowest BCUT2D eigenvalue weighted by molar-refractivity contribution is -0.119. The van der Waals surface area contributed by atoms with E-state index in [0.29, 0.717) is 11.5 Å². The van der Waals surface area contributed by atoms with Crippen molar-refractivity contribution in [3.05, 3.63) is 17.8 Å². The van der Waals surface area contributed by atoms with Crippen LogP contribution in [0.15, 0.2) is 12.3 Å². The quantitative estimate of drug-likeness (QED) is 0.707. The van der Waals surface area contributed by atoms with Crippen LogP contribution in [-0.4, -0.2) is 23.5 Å². The van der Waals surface area contributed by atoms with Gasteiger partial charge in [0.25, 0.3) is 0 Å². The van der Waals surface area contributed by atoms with Crippen molar-refractivity contribution in [3.8, 4) is 0 Å². The maximum absolute atomic E-state index is 11.4. The maximum Gasteiger partial charge on any atom is 0.239 e. The molecule has 5 heteroatoms. The number of rotatable bonds is 4. The van der Waals surface area contributed by atoms with Gasteiger partial charge in [0.05, 0.1) is 18.4 Å². The third kappa shape index (κ3) is 3.76. The molecule has 0 spiro atoms. The fourth-order valence-corrected chi connectivity index (χ4v) is 1.21. The molecule has 0 atom stereocenters. The van der Waals surface area contributed by atoms with Crippen LogP contribution in [0.2, 0.25) is 0 Å². The van der Waals surface area contributed by atoms with Crippen LogP contribution in [0.4, 0.5) is 11.5 Å². The summed E-state index contributed by atoms with van der Waals surface area (Å²) in [5, 5.41) is 5.72. The number of hydrogen-bond donors (Lipinski definition) is 3. The van der Waals surface area contributed by atoms with Crippen molar-refractivity contribution in [2.75, 3.05) is 17.6 Å². The van der Waals surface area contributed by atoms with Crippen LogP contribution < -0.4 is 16.4 Å². The molecular weight excluding hydrogens is 204 g/mol. The molecule has 0 aliphatic rings. The van der Waals surface area contributed by atoms with Crippen LogP contribution in [-0.2, 0) is 4.79 Å². The number of hydrogen-bond acceptors (Lipinski definition) is 4. The first-order chi connectivity index (χ1) is 7.49. The van der Waals surface area contributed by atoms with E-state index in [-0.39, 0.29) is 18.5 Å². The Bertz CT molecular complexity index is 376. The van der Waals surface area contributed by atoms with E-state index in [1.165, 1.54) is 0 Å². The van der Waals surface area contributed by atoms with E-state index in [4.69, 9.17) is 5.73 Å². The highest BCUT2D eigenvalue weighted by Crippen LogP contribution is 2.12. The van der Waals surface area contributed by atoms with Crippen molar-refractivity contribution in [2.45, 2.75) is 26.8 Å². The van der Waals surface area contributed by atoms with Crippen molar-refractivity contribution < 1.29 is 4.79 Å². The Labute approximate surface area is 95.4 Å². The van der Waals surface area contributed by atoms with E-state index >= 15 is 0 Å². The molecule has 1 amide bonds. The molecule has 4 N–H and O–H groups in total. The second-order valence-electron chi connectivity index (χ2n) is 4.00. The summed E-state index contributed by atoms with van der Waals surface area (Å²) in [6.45, 7) is 5.96. The third-order valence-corrected chi connectivity index (χ3v) is 2.03. The minimum Gasteiger partial charge on any atom is -0.397 e. The zero-order valence-electron chi connectivity index (χ0n) is 9.87. The number of anilines is 2. The van der Waals surface area contributed by atoms with Crippen LogP contribution in [0.5, 0.6) is 0 Å². The second-order valence-corrected chi connectivity index (χ2v) is 4.00. The van der Waals surface area contributed by atoms with E-state index in [9.17, 15) is 4.79 Å². The first kappa shape index (κ1) is 12.3. The number of nitrogens with two attached hydrogens (primary N) is 1. The zero-order chi connectivity index (χ0) is 12.1. The number of aromatic nitrogens is 1. The van der Waals surface area contributed by atoms with Gasteiger partial charge in [0.1, 0.15) is 5.82 Å². The lowest BCUT2D eigenvalue weighted by atomic mass is 10.2. The van der Waals surface area contributed by atoms with Crippen molar-refractivity contribution >= 4 is 17.4 Å². The Morgan fingerprint density at radius 2 is 2.25 bits per heavy atom. The van der Waals surface area contributed by atoms with Gasteiger partial charge in [-0.15, -0.1) is 0 Å². The second kappa shape index (κ2) is 5.34. The summed E-state index contributed by atoms with van der Waals surface area (Å²) in [4.78, 5) is 15.4. The molecule has 1 aromatic rings. The van der Waals surface area contributed by atoms with Gasteiger partial charge in [-0.3, -0.25) is 4.79 Å². The summed E-state index contributed by atoms with van der Waals surface area (Å²) < 4.78 is 0. The molecule has 88 valence electrons. The molecule has 0 bridgehead atoms. The summed E-state index contributed by atoms with van der Waals surface area (Å²) in [6.07, 6.45) is 1.58. The van der Waals surface area contributed by atoms with Gasteiger partial charge >= 0.3 is 0 Å². The van der Waals surface area contributed by atoms with E-state index in [1.807, 2.05) is 26.8 Å². The largest absolute Gasteiger partial charge is 0.397 e. The molecule has 0 unspecified atom stereocenters. The lowest BCUT2D eigenvalue weighted by Gasteiger charge is -2.10. The molecule has 1 rings (SSSR count). The Hall–Kier alpha value is -1.78. The molecule has 1 aromatic heterocycles. The summed E-state index contributed by atoms with van der Waals surface area (Å²) in [7, 11) is 0. The smallest absolute Gasteiger partial charge is 0.239 e. The Balaban J connectivity index is 2.48.